The normalized spacial score (nSPS) is 10.2. The summed E-state index contributed by atoms with van der Waals surface area (Å²) in [5, 5.41) is 13.4. The molecule has 0 bridgehead atoms. The fourth-order valence-electron chi connectivity index (χ4n) is 2.78. The van der Waals surface area contributed by atoms with Gasteiger partial charge in [-0.15, -0.1) is 0 Å². The van der Waals surface area contributed by atoms with E-state index in [1.54, 1.807) is 61.5 Å². The fraction of sp³-hybridized carbons (Fsp3) is 0.0952. The van der Waals surface area contributed by atoms with E-state index in [0.29, 0.717) is 16.3 Å². The number of hydrogen-bond acceptors (Lipinski definition) is 5. The molecule has 0 aliphatic rings. The van der Waals surface area contributed by atoms with Crippen molar-refractivity contribution in [3.8, 4) is 17.2 Å². The van der Waals surface area contributed by atoms with Crippen LogP contribution in [0.4, 0.5) is 11.5 Å². The molecule has 0 aliphatic carbocycles. The SMILES string of the molecule is CCOC(=O)c1c(-c2ccccc2)c(C#N)c(Nc2ccc(Cl)cc2)[nH]c1=O. The van der Waals surface area contributed by atoms with E-state index in [1.165, 1.54) is 0 Å². The second kappa shape index (κ2) is 8.42. The van der Waals surface area contributed by atoms with Crippen molar-refractivity contribution in [3.05, 3.63) is 81.1 Å². The lowest BCUT2D eigenvalue weighted by molar-refractivity contribution is 0.0525. The Hall–Kier alpha value is -3.56. The van der Waals surface area contributed by atoms with Gasteiger partial charge < -0.3 is 15.0 Å². The Kier molecular flexibility index (Phi) is 5.78. The Morgan fingerprint density at radius 3 is 2.46 bits per heavy atom. The van der Waals surface area contributed by atoms with Gasteiger partial charge in [-0.1, -0.05) is 41.9 Å². The van der Waals surface area contributed by atoms with Gasteiger partial charge in [0.1, 0.15) is 23.0 Å². The molecule has 0 unspecified atom stereocenters. The van der Waals surface area contributed by atoms with Crippen LogP contribution in [0, 0.1) is 11.3 Å². The number of halogens is 1. The van der Waals surface area contributed by atoms with Crippen LogP contribution in [0.2, 0.25) is 5.02 Å². The molecule has 0 radical (unpaired) electrons. The third-order valence-corrected chi connectivity index (χ3v) is 4.23. The molecule has 0 aliphatic heterocycles. The standard InChI is InChI=1S/C21H16ClN3O3/c1-2-28-21(27)18-17(13-6-4-3-5-7-13)16(12-23)19(25-20(18)26)24-15-10-8-14(22)9-11-15/h3-11H,2H2,1H3,(H2,24,25,26). The minimum atomic E-state index is -0.780. The maximum Gasteiger partial charge on any atom is 0.344 e. The van der Waals surface area contributed by atoms with E-state index in [2.05, 4.69) is 16.4 Å². The Balaban J connectivity index is 2.24. The first-order valence-corrected chi connectivity index (χ1v) is 8.88. The van der Waals surface area contributed by atoms with Gasteiger partial charge in [-0.3, -0.25) is 4.79 Å². The average molecular weight is 394 g/mol. The number of nitrogens with one attached hydrogen (secondary N) is 2. The smallest absolute Gasteiger partial charge is 0.344 e. The summed E-state index contributed by atoms with van der Waals surface area (Å²) < 4.78 is 5.04. The second-order valence-electron chi connectivity index (χ2n) is 5.78. The molecule has 0 spiro atoms. The van der Waals surface area contributed by atoms with Gasteiger partial charge in [0.25, 0.3) is 5.56 Å². The molecule has 1 heterocycles. The molecule has 7 heteroatoms. The molecular formula is C21H16ClN3O3. The number of carbonyl (C=O) groups is 1. The molecule has 140 valence electrons. The Morgan fingerprint density at radius 1 is 1.18 bits per heavy atom. The monoisotopic (exact) mass is 393 g/mol. The number of nitrogens with zero attached hydrogens (tertiary/aromatic N) is 1. The van der Waals surface area contributed by atoms with Gasteiger partial charge in [-0.25, -0.2) is 4.79 Å². The van der Waals surface area contributed by atoms with E-state index >= 15 is 0 Å². The molecule has 0 fully saturated rings. The maximum atomic E-state index is 12.7. The number of rotatable bonds is 5. The highest BCUT2D eigenvalue weighted by Crippen LogP contribution is 2.31. The van der Waals surface area contributed by atoms with Crippen LogP contribution < -0.4 is 10.9 Å². The van der Waals surface area contributed by atoms with Crippen molar-refractivity contribution in [2.45, 2.75) is 6.92 Å². The number of aromatic amines is 1. The van der Waals surface area contributed by atoms with E-state index in [1.807, 2.05) is 0 Å². The number of esters is 1. The Morgan fingerprint density at radius 2 is 1.86 bits per heavy atom. The molecule has 0 saturated carbocycles. The highest BCUT2D eigenvalue weighted by Gasteiger charge is 2.25. The number of ether oxygens (including phenoxy) is 1. The van der Waals surface area contributed by atoms with E-state index in [-0.39, 0.29) is 29.1 Å². The minimum Gasteiger partial charge on any atom is -0.462 e. The van der Waals surface area contributed by atoms with E-state index in [4.69, 9.17) is 16.3 Å². The number of hydrogen-bond donors (Lipinski definition) is 2. The molecule has 0 atom stereocenters. The third-order valence-electron chi connectivity index (χ3n) is 3.98. The van der Waals surface area contributed by atoms with E-state index in [9.17, 15) is 14.9 Å². The molecule has 1 aromatic heterocycles. The second-order valence-corrected chi connectivity index (χ2v) is 6.22. The summed E-state index contributed by atoms with van der Waals surface area (Å²) in [4.78, 5) is 27.8. The zero-order valence-corrected chi connectivity index (χ0v) is 15.7. The zero-order valence-electron chi connectivity index (χ0n) is 15.0. The summed E-state index contributed by atoms with van der Waals surface area (Å²) in [6.07, 6.45) is 0. The molecule has 28 heavy (non-hydrogen) atoms. The molecule has 0 saturated heterocycles. The first-order valence-electron chi connectivity index (χ1n) is 8.50. The van der Waals surface area contributed by atoms with Crippen LogP contribution in [0.1, 0.15) is 22.8 Å². The van der Waals surface area contributed by atoms with Crippen molar-refractivity contribution in [1.82, 2.24) is 4.98 Å². The Bertz CT molecular complexity index is 1100. The number of pyridine rings is 1. The lowest BCUT2D eigenvalue weighted by atomic mass is 9.96. The van der Waals surface area contributed by atoms with Gasteiger partial charge in [0.2, 0.25) is 0 Å². The van der Waals surface area contributed by atoms with Gasteiger partial charge in [0.05, 0.1) is 6.61 Å². The van der Waals surface area contributed by atoms with Crippen molar-refractivity contribution >= 4 is 29.1 Å². The van der Waals surface area contributed by atoms with E-state index in [0.717, 1.165) is 0 Å². The number of nitriles is 1. The fourth-order valence-corrected chi connectivity index (χ4v) is 2.90. The number of aromatic nitrogens is 1. The molecule has 3 rings (SSSR count). The van der Waals surface area contributed by atoms with Gasteiger partial charge in [-0.2, -0.15) is 5.26 Å². The predicted octanol–water partition coefficient (Wildman–Crippen LogP) is 4.49. The first kappa shape index (κ1) is 19.2. The van der Waals surface area contributed by atoms with Crippen LogP contribution in [0.5, 0.6) is 0 Å². The maximum absolute atomic E-state index is 12.7. The summed E-state index contributed by atoms with van der Waals surface area (Å²) in [6.45, 7) is 1.76. The number of H-pyrrole nitrogens is 1. The minimum absolute atomic E-state index is 0.110. The van der Waals surface area contributed by atoms with Crippen LogP contribution >= 0.6 is 11.6 Å². The lowest BCUT2D eigenvalue weighted by Gasteiger charge is -2.15. The summed E-state index contributed by atoms with van der Waals surface area (Å²) in [7, 11) is 0. The highest BCUT2D eigenvalue weighted by atomic mass is 35.5. The highest BCUT2D eigenvalue weighted by molar-refractivity contribution is 6.30. The van der Waals surface area contributed by atoms with Crippen LogP contribution in [0.3, 0.4) is 0 Å². The largest absolute Gasteiger partial charge is 0.462 e. The molecule has 2 aromatic carbocycles. The summed E-state index contributed by atoms with van der Waals surface area (Å²) in [6, 6.07) is 17.7. The number of benzene rings is 2. The van der Waals surface area contributed by atoms with Crippen molar-refractivity contribution in [1.29, 1.82) is 5.26 Å². The summed E-state index contributed by atoms with van der Waals surface area (Å²) in [5.41, 5.74) is 0.691. The molecular weight excluding hydrogens is 378 g/mol. The molecule has 2 N–H and O–H groups in total. The molecule has 3 aromatic rings. The van der Waals surface area contributed by atoms with Crippen LogP contribution in [-0.2, 0) is 4.74 Å². The first-order chi connectivity index (χ1) is 13.5. The summed E-state index contributed by atoms with van der Waals surface area (Å²) >= 11 is 5.90. The van der Waals surface area contributed by atoms with Crippen molar-refractivity contribution in [3.63, 3.8) is 0 Å². The van der Waals surface area contributed by atoms with Gasteiger partial charge in [0.15, 0.2) is 0 Å². The molecule has 6 nitrogen and oxygen atoms in total. The lowest BCUT2D eigenvalue weighted by Crippen LogP contribution is -2.23. The predicted molar refractivity (Wildman–Crippen MR) is 108 cm³/mol. The Labute approximate surface area is 166 Å². The molecule has 0 amide bonds. The third kappa shape index (κ3) is 3.90. The van der Waals surface area contributed by atoms with Crippen molar-refractivity contribution in [2.75, 3.05) is 11.9 Å². The van der Waals surface area contributed by atoms with Crippen LogP contribution in [0.25, 0.3) is 11.1 Å². The zero-order chi connectivity index (χ0) is 20.1. The van der Waals surface area contributed by atoms with Crippen LogP contribution in [-0.4, -0.2) is 17.6 Å². The van der Waals surface area contributed by atoms with E-state index < -0.39 is 11.5 Å². The van der Waals surface area contributed by atoms with Crippen LogP contribution in [0.15, 0.2) is 59.4 Å². The topological polar surface area (TPSA) is 95.0 Å². The van der Waals surface area contributed by atoms with Gasteiger partial charge in [-0.05, 0) is 36.8 Å². The number of carbonyl (C=O) groups excluding carboxylic acids is 1. The van der Waals surface area contributed by atoms with Gasteiger partial charge >= 0.3 is 5.97 Å². The average Bonchev–Trinajstić information content (AvgIpc) is 2.70. The van der Waals surface area contributed by atoms with Crippen molar-refractivity contribution < 1.29 is 9.53 Å². The van der Waals surface area contributed by atoms with Gasteiger partial charge in [0, 0.05) is 16.3 Å². The quantitative estimate of drug-likeness (QED) is 0.623. The summed E-state index contributed by atoms with van der Waals surface area (Å²) in [5.74, 6) is -0.598. The van der Waals surface area contributed by atoms with Crippen molar-refractivity contribution in [2.24, 2.45) is 0 Å². The number of anilines is 2.